The van der Waals surface area contributed by atoms with Crippen LogP contribution in [0.1, 0.15) is 39.2 Å². The molecule has 0 spiro atoms. The van der Waals surface area contributed by atoms with Gasteiger partial charge in [0.2, 0.25) is 15.9 Å². The van der Waals surface area contributed by atoms with Gasteiger partial charge in [-0.15, -0.1) is 0 Å². The van der Waals surface area contributed by atoms with Crippen molar-refractivity contribution in [2.24, 2.45) is 5.92 Å². The summed E-state index contributed by atoms with van der Waals surface area (Å²) >= 11 is 7.66. The normalized spacial score (nSPS) is 19.0. The monoisotopic (exact) mass is 432 g/mol. The zero-order chi connectivity index (χ0) is 20.1. The highest BCUT2D eigenvalue weighted by atomic mass is 35.5. The number of piperidine rings is 1. The molecule has 1 aliphatic rings. The quantitative estimate of drug-likeness (QED) is 0.669. The number of amides is 1. The van der Waals surface area contributed by atoms with E-state index in [-0.39, 0.29) is 28.9 Å². The van der Waals surface area contributed by atoms with Gasteiger partial charge in [-0.25, -0.2) is 12.7 Å². The maximum Gasteiger partial charge on any atom is 0.224 e. The average Bonchev–Trinajstić information content (AvgIpc) is 2.60. The van der Waals surface area contributed by atoms with Gasteiger partial charge in [0.25, 0.3) is 0 Å². The second kappa shape index (κ2) is 9.63. The molecule has 5 nitrogen and oxygen atoms in total. The van der Waals surface area contributed by atoms with Crippen molar-refractivity contribution < 1.29 is 13.2 Å². The smallest absolute Gasteiger partial charge is 0.224 e. The van der Waals surface area contributed by atoms with Gasteiger partial charge in [-0.3, -0.25) is 4.79 Å². The van der Waals surface area contributed by atoms with Crippen LogP contribution in [-0.4, -0.2) is 48.8 Å². The molecule has 8 heteroatoms. The molecular weight excluding hydrogens is 404 g/mol. The van der Waals surface area contributed by atoms with Crippen LogP contribution in [0.5, 0.6) is 0 Å². The van der Waals surface area contributed by atoms with E-state index in [0.717, 1.165) is 12.2 Å². The van der Waals surface area contributed by atoms with E-state index in [2.05, 4.69) is 26.1 Å². The molecule has 1 aromatic rings. The average molecular weight is 433 g/mol. The predicted molar refractivity (Wildman–Crippen MR) is 114 cm³/mol. The number of carbonyl (C=O) groups is 1. The molecule has 1 fully saturated rings. The number of rotatable bonds is 7. The van der Waals surface area contributed by atoms with Crippen LogP contribution in [0.4, 0.5) is 0 Å². The lowest BCUT2D eigenvalue weighted by Gasteiger charge is -2.31. The number of carbonyl (C=O) groups excluding carboxylic acids is 1. The minimum absolute atomic E-state index is 0.0455. The van der Waals surface area contributed by atoms with Crippen molar-refractivity contribution in [1.82, 2.24) is 9.62 Å². The van der Waals surface area contributed by atoms with Crippen molar-refractivity contribution in [3.05, 3.63) is 34.9 Å². The van der Waals surface area contributed by atoms with E-state index < -0.39 is 10.0 Å². The van der Waals surface area contributed by atoms with Gasteiger partial charge in [0.15, 0.2) is 0 Å². The van der Waals surface area contributed by atoms with E-state index in [1.807, 2.05) is 0 Å². The Hall–Kier alpha value is -0.760. The molecule has 0 saturated carbocycles. The van der Waals surface area contributed by atoms with E-state index in [1.54, 1.807) is 36.0 Å². The first kappa shape index (κ1) is 22.5. The fourth-order valence-corrected chi connectivity index (χ4v) is 5.52. The standard InChI is InChI=1S/C19H29ClN2O3S2/c1-19(2,3)26-12-10-21-18(23)16-5-4-11-22(13-16)27(24,25)14-15-6-8-17(20)9-7-15/h6-9,16H,4-5,10-14H2,1-3H3,(H,21,23)/t16-/m0/s1. The van der Waals surface area contributed by atoms with E-state index in [0.29, 0.717) is 30.1 Å². The summed E-state index contributed by atoms with van der Waals surface area (Å²) in [7, 11) is -3.45. The van der Waals surface area contributed by atoms with Gasteiger partial charge in [0.05, 0.1) is 11.7 Å². The van der Waals surface area contributed by atoms with Crippen LogP contribution in [-0.2, 0) is 20.6 Å². The summed E-state index contributed by atoms with van der Waals surface area (Å²) in [5.41, 5.74) is 0.699. The molecule has 152 valence electrons. The highest BCUT2D eigenvalue weighted by molar-refractivity contribution is 8.00. The third-order valence-electron chi connectivity index (χ3n) is 4.35. The lowest BCUT2D eigenvalue weighted by Crippen LogP contribution is -2.46. The molecule has 1 aromatic carbocycles. The highest BCUT2D eigenvalue weighted by Gasteiger charge is 2.32. The third kappa shape index (κ3) is 7.64. The zero-order valence-corrected chi connectivity index (χ0v) is 18.6. The van der Waals surface area contributed by atoms with Crippen molar-refractivity contribution in [3.63, 3.8) is 0 Å². The van der Waals surface area contributed by atoms with Gasteiger partial charge in [0, 0.05) is 35.2 Å². The maximum atomic E-state index is 12.7. The van der Waals surface area contributed by atoms with Crippen LogP contribution in [0.3, 0.4) is 0 Å². The third-order valence-corrected chi connectivity index (χ3v) is 7.69. The van der Waals surface area contributed by atoms with Crippen molar-refractivity contribution in [2.75, 3.05) is 25.4 Å². The number of thioether (sulfide) groups is 1. The molecule has 1 atom stereocenters. The summed E-state index contributed by atoms with van der Waals surface area (Å²) in [5, 5.41) is 3.54. The minimum Gasteiger partial charge on any atom is -0.355 e. The summed E-state index contributed by atoms with van der Waals surface area (Å²) < 4.78 is 27.1. The fraction of sp³-hybridized carbons (Fsp3) is 0.632. The van der Waals surface area contributed by atoms with Crippen molar-refractivity contribution in [2.45, 2.75) is 44.1 Å². The summed E-state index contributed by atoms with van der Waals surface area (Å²) in [5.74, 6) is 0.454. The summed E-state index contributed by atoms with van der Waals surface area (Å²) in [4.78, 5) is 12.4. The summed E-state index contributed by atoms with van der Waals surface area (Å²) in [6.45, 7) is 7.76. The molecule has 0 radical (unpaired) electrons. The lowest BCUT2D eigenvalue weighted by atomic mass is 9.99. The largest absolute Gasteiger partial charge is 0.355 e. The van der Waals surface area contributed by atoms with Gasteiger partial charge in [-0.05, 0) is 30.5 Å². The van der Waals surface area contributed by atoms with E-state index >= 15 is 0 Å². The molecule has 0 bridgehead atoms. The van der Waals surface area contributed by atoms with Crippen LogP contribution in [0.2, 0.25) is 5.02 Å². The molecule has 1 aliphatic heterocycles. The maximum absolute atomic E-state index is 12.7. The molecule has 1 saturated heterocycles. The second-order valence-corrected chi connectivity index (χ2v) is 12.2. The molecular formula is C19H29ClN2O3S2. The lowest BCUT2D eigenvalue weighted by molar-refractivity contribution is -0.125. The van der Waals surface area contributed by atoms with Crippen LogP contribution in [0, 0.1) is 5.92 Å². The number of hydrogen-bond donors (Lipinski definition) is 1. The van der Waals surface area contributed by atoms with Crippen LogP contribution in [0.15, 0.2) is 24.3 Å². The van der Waals surface area contributed by atoms with Crippen LogP contribution >= 0.6 is 23.4 Å². The second-order valence-electron chi connectivity index (χ2n) is 7.83. The molecule has 1 N–H and O–H groups in total. The SMILES string of the molecule is CC(C)(C)SCCNC(=O)[C@H]1CCCN(S(=O)(=O)Cc2ccc(Cl)cc2)C1. The Balaban J connectivity index is 1.88. The van der Waals surface area contributed by atoms with Gasteiger partial charge in [-0.2, -0.15) is 11.8 Å². The van der Waals surface area contributed by atoms with E-state index in [4.69, 9.17) is 11.6 Å². The number of nitrogens with one attached hydrogen (secondary N) is 1. The Morgan fingerprint density at radius 2 is 1.96 bits per heavy atom. The number of halogens is 1. The van der Waals surface area contributed by atoms with Crippen LogP contribution < -0.4 is 5.32 Å². The summed E-state index contributed by atoms with van der Waals surface area (Å²) in [6, 6.07) is 6.82. The van der Waals surface area contributed by atoms with Crippen molar-refractivity contribution >= 4 is 39.3 Å². The molecule has 0 aliphatic carbocycles. The molecule has 1 amide bonds. The Bertz CT molecular complexity index is 730. The molecule has 0 aromatic heterocycles. The zero-order valence-electron chi connectivity index (χ0n) is 16.2. The topological polar surface area (TPSA) is 66.5 Å². The molecule has 2 rings (SSSR count). The van der Waals surface area contributed by atoms with Crippen molar-refractivity contribution in [3.8, 4) is 0 Å². The Morgan fingerprint density at radius 1 is 1.30 bits per heavy atom. The Kier molecular flexibility index (Phi) is 8.04. The van der Waals surface area contributed by atoms with Crippen LogP contribution in [0.25, 0.3) is 0 Å². The van der Waals surface area contributed by atoms with E-state index in [9.17, 15) is 13.2 Å². The molecule has 0 unspecified atom stereocenters. The number of sulfonamides is 1. The van der Waals surface area contributed by atoms with E-state index in [1.165, 1.54) is 4.31 Å². The first-order valence-electron chi connectivity index (χ1n) is 9.21. The van der Waals surface area contributed by atoms with Gasteiger partial charge >= 0.3 is 0 Å². The summed E-state index contributed by atoms with van der Waals surface area (Å²) in [6.07, 6.45) is 1.43. The molecule has 1 heterocycles. The number of nitrogens with zero attached hydrogens (tertiary/aromatic N) is 1. The first-order valence-corrected chi connectivity index (χ1v) is 12.2. The number of hydrogen-bond acceptors (Lipinski definition) is 4. The Morgan fingerprint density at radius 3 is 2.59 bits per heavy atom. The van der Waals surface area contributed by atoms with Gasteiger partial charge < -0.3 is 5.32 Å². The van der Waals surface area contributed by atoms with Gasteiger partial charge in [0.1, 0.15) is 0 Å². The minimum atomic E-state index is -3.45. The van der Waals surface area contributed by atoms with Gasteiger partial charge in [-0.1, -0.05) is 44.5 Å². The first-order chi connectivity index (χ1) is 12.6. The molecule has 27 heavy (non-hydrogen) atoms. The highest BCUT2D eigenvalue weighted by Crippen LogP contribution is 2.23. The van der Waals surface area contributed by atoms with Crippen molar-refractivity contribution in [1.29, 1.82) is 0 Å². The Labute approximate surface area is 172 Å². The number of benzene rings is 1. The predicted octanol–water partition coefficient (Wildman–Crippen LogP) is 3.53. The fourth-order valence-electron chi connectivity index (χ4n) is 2.97.